The van der Waals surface area contributed by atoms with Gasteiger partial charge in [0.25, 0.3) is 0 Å². The molecule has 1 aromatic heterocycles. The Morgan fingerprint density at radius 2 is 2.20 bits per heavy atom. The highest BCUT2D eigenvalue weighted by molar-refractivity contribution is 5.90. The van der Waals surface area contributed by atoms with E-state index in [9.17, 15) is 23.7 Å². The molecule has 1 amide bonds. The van der Waals surface area contributed by atoms with E-state index in [1.807, 2.05) is 0 Å². The molecule has 20 heavy (non-hydrogen) atoms. The third kappa shape index (κ3) is 3.10. The van der Waals surface area contributed by atoms with Crippen LogP contribution in [0.1, 0.15) is 0 Å². The van der Waals surface area contributed by atoms with Crippen molar-refractivity contribution in [1.82, 2.24) is 14.8 Å². The topological polar surface area (TPSA) is 103 Å². The molecule has 0 aliphatic heterocycles. The number of benzene rings is 1. The largest absolute Gasteiger partial charge is 0.490 e. The highest BCUT2D eigenvalue weighted by atomic mass is 19.1. The fourth-order valence-corrected chi connectivity index (χ4v) is 1.37. The molecule has 104 valence electrons. The van der Waals surface area contributed by atoms with Gasteiger partial charge < -0.3 is 15.4 Å². The Hall–Kier alpha value is -2.91. The lowest BCUT2D eigenvalue weighted by Crippen LogP contribution is -2.20. The number of nitrogens with one attached hydrogen (secondary N) is 1. The van der Waals surface area contributed by atoms with Gasteiger partial charge in [0.2, 0.25) is 12.2 Å². The van der Waals surface area contributed by atoms with Gasteiger partial charge in [-0.15, -0.1) is 0 Å². The SMILES string of the molecule is O=C(Cn1cnc([N+](=O)[O-])n1)Nc1cc(F)ccc1F. The van der Waals surface area contributed by atoms with E-state index in [4.69, 9.17) is 0 Å². The van der Waals surface area contributed by atoms with Crippen molar-refractivity contribution in [2.75, 3.05) is 5.32 Å². The minimum absolute atomic E-state index is 0.329. The predicted octanol–water partition coefficient (Wildman–Crippen LogP) is 1.10. The van der Waals surface area contributed by atoms with Crippen LogP contribution >= 0.6 is 0 Å². The molecule has 2 rings (SSSR count). The van der Waals surface area contributed by atoms with Crippen molar-refractivity contribution < 1.29 is 18.5 Å². The summed E-state index contributed by atoms with van der Waals surface area (Å²) in [4.78, 5) is 24.4. The number of carbonyl (C=O) groups is 1. The highest BCUT2D eigenvalue weighted by Gasteiger charge is 2.16. The molecule has 8 nitrogen and oxygen atoms in total. The summed E-state index contributed by atoms with van der Waals surface area (Å²) in [6, 6.07) is 2.59. The van der Waals surface area contributed by atoms with Crippen LogP contribution < -0.4 is 5.32 Å². The van der Waals surface area contributed by atoms with Crippen molar-refractivity contribution in [3.63, 3.8) is 0 Å². The molecule has 0 aliphatic rings. The molecule has 0 fully saturated rings. The zero-order chi connectivity index (χ0) is 14.7. The number of rotatable bonds is 4. The van der Waals surface area contributed by atoms with Crippen LogP contribution in [0.25, 0.3) is 0 Å². The fraction of sp³-hybridized carbons (Fsp3) is 0.100. The van der Waals surface area contributed by atoms with Gasteiger partial charge in [-0.1, -0.05) is 4.98 Å². The van der Waals surface area contributed by atoms with E-state index in [1.54, 1.807) is 0 Å². The maximum atomic E-state index is 13.3. The molecule has 0 saturated heterocycles. The normalized spacial score (nSPS) is 10.3. The van der Waals surface area contributed by atoms with E-state index in [1.165, 1.54) is 0 Å². The Balaban J connectivity index is 2.05. The molecule has 0 spiro atoms. The Bertz CT molecular complexity index is 673. The van der Waals surface area contributed by atoms with Gasteiger partial charge in [-0.2, -0.15) is 4.68 Å². The summed E-state index contributed by atoms with van der Waals surface area (Å²) in [5.41, 5.74) is -0.329. The van der Waals surface area contributed by atoms with Gasteiger partial charge in [-0.05, 0) is 17.1 Å². The summed E-state index contributed by atoms with van der Waals surface area (Å²) in [5.74, 6) is -2.90. The summed E-state index contributed by atoms with van der Waals surface area (Å²) in [7, 11) is 0. The molecule has 1 N–H and O–H groups in total. The second-order valence-corrected chi connectivity index (χ2v) is 3.67. The third-order valence-electron chi connectivity index (χ3n) is 2.20. The van der Waals surface area contributed by atoms with Gasteiger partial charge in [-0.3, -0.25) is 4.79 Å². The van der Waals surface area contributed by atoms with Gasteiger partial charge in [0.05, 0.1) is 5.69 Å². The van der Waals surface area contributed by atoms with E-state index in [0.29, 0.717) is 0 Å². The van der Waals surface area contributed by atoms with Crippen LogP contribution in [0, 0.1) is 21.7 Å². The number of hydrogen-bond acceptors (Lipinski definition) is 5. The molecule has 2 aromatic rings. The first kappa shape index (κ1) is 13.5. The first-order chi connectivity index (χ1) is 9.45. The van der Waals surface area contributed by atoms with Crippen LogP contribution in [0.15, 0.2) is 24.5 Å². The smallest absolute Gasteiger partial charge is 0.390 e. The zero-order valence-electron chi connectivity index (χ0n) is 9.79. The van der Waals surface area contributed by atoms with Crippen molar-refractivity contribution in [3.05, 3.63) is 46.3 Å². The number of halogens is 2. The van der Waals surface area contributed by atoms with Gasteiger partial charge in [-0.25, -0.2) is 8.78 Å². The minimum Gasteiger partial charge on any atom is -0.390 e. The predicted molar refractivity (Wildman–Crippen MR) is 61.7 cm³/mol. The van der Waals surface area contributed by atoms with E-state index in [0.717, 1.165) is 29.2 Å². The first-order valence-electron chi connectivity index (χ1n) is 5.24. The zero-order valence-corrected chi connectivity index (χ0v) is 9.79. The maximum Gasteiger partial charge on any atom is 0.490 e. The van der Waals surface area contributed by atoms with Crippen LogP contribution in [0.4, 0.5) is 20.4 Å². The third-order valence-corrected chi connectivity index (χ3v) is 2.20. The van der Waals surface area contributed by atoms with Crippen LogP contribution in [0.5, 0.6) is 0 Å². The van der Waals surface area contributed by atoms with Gasteiger partial charge in [0.1, 0.15) is 18.2 Å². The number of anilines is 1. The molecule has 1 aromatic carbocycles. The van der Waals surface area contributed by atoms with Gasteiger partial charge in [0.15, 0.2) is 0 Å². The molecule has 0 unspecified atom stereocenters. The van der Waals surface area contributed by atoms with E-state index in [-0.39, 0.29) is 5.69 Å². The number of aromatic nitrogens is 3. The quantitative estimate of drug-likeness (QED) is 0.668. The average molecular weight is 283 g/mol. The summed E-state index contributed by atoms with van der Waals surface area (Å²) < 4.78 is 27.1. The Morgan fingerprint density at radius 1 is 1.45 bits per heavy atom. The molecular formula is C10H7F2N5O3. The summed E-state index contributed by atoms with van der Waals surface area (Å²) in [6.07, 6.45) is 0.986. The lowest BCUT2D eigenvalue weighted by Gasteiger charge is -2.05. The Morgan fingerprint density at radius 3 is 2.85 bits per heavy atom. The highest BCUT2D eigenvalue weighted by Crippen LogP contribution is 2.15. The summed E-state index contributed by atoms with van der Waals surface area (Å²) in [6.45, 7) is -0.420. The van der Waals surface area contributed by atoms with Crippen molar-refractivity contribution in [3.8, 4) is 0 Å². The van der Waals surface area contributed by atoms with Crippen LogP contribution in [0.2, 0.25) is 0 Å². The molecule has 1 heterocycles. The standard InChI is InChI=1S/C10H7F2N5O3/c11-6-1-2-7(12)8(3-6)14-9(18)4-16-5-13-10(15-16)17(19)20/h1-3,5H,4H2,(H,14,18). The van der Waals surface area contributed by atoms with Gasteiger partial charge >= 0.3 is 5.95 Å². The van der Waals surface area contributed by atoms with E-state index in [2.05, 4.69) is 15.4 Å². The van der Waals surface area contributed by atoms with Gasteiger partial charge in [0, 0.05) is 11.2 Å². The lowest BCUT2D eigenvalue weighted by atomic mass is 10.3. The molecular weight excluding hydrogens is 276 g/mol. The van der Waals surface area contributed by atoms with Crippen molar-refractivity contribution in [2.45, 2.75) is 6.54 Å². The number of hydrogen-bond donors (Lipinski definition) is 1. The van der Waals surface area contributed by atoms with E-state index >= 15 is 0 Å². The number of amides is 1. The number of nitro groups is 1. The van der Waals surface area contributed by atoms with E-state index < -0.39 is 35.0 Å². The number of nitrogens with zero attached hydrogens (tertiary/aromatic N) is 4. The molecule has 10 heteroatoms. The Kier molecular flexibility index (Phi) is 3.64. The second-order valence-electron chi connectivity index (χ2n) is 3.67. The molecule has 0 saturated carbocycles. The van der Waals surface area contributed by atoms with Crippen molar-refractivity contribution in [1.29, 1.82) is 0 Å². The summed E-state index contributed by atoms with van der Waals surface area (Å²) in [5, 5.41) is 15.9. The molecule has 0 atom stereocenters. The first-order valence-corrected chi connectivity index (χ1v) is 5.24. The maximum absolute atomic E-state index is 13.3. The number of carbonyl (C=O) groups excluding carboxylic acids is 1. The molecule has 0 aliphatic carbocycles. The monoisotopic (exact) mass is 283 g/mol. The molecule has 0 radical (unpaired) electrons. The van der Waals surface area contributed by atoms with Crippen LogP contribution in [-0.4, -0.2) is 25.6 Å². The fourth-order valence-electron chi connectivity index (χ4n) is 1.37. The second kappa shape index (κ2) is 5.38. The van der Waals surface area contributed by atoms with Crippen molar-refractivity contribution >= 4 is 17.5 Å². The van der Waals surface area contributed by atoms with Crippen molar-refractivity contribution in [2.24, 2.45) is 0 Å². The average Bonchev–Trinajstić information content (AvgIpc) is 2.82. The van der Waals surface area contributed by atoms with Crippen LogP contribution in [-0.2, 0) is 11.3 Å². The summed E-state index contributed by atoms with van der Waals surface area (Å²) >= 11 is 0. The molecule has 0 bridgehead atoms. The Labute approximate surface area is 110 Å². The lowest BCUT2D eigenvalue weighted by molar-refractivity contribution is -0.394. The minimum atomic E-state index is -0.819. The van der Waals surface area contributed by atoms with Crippen LogP contribution in [0.3, 0.4) is 0 Å².